The third-order valence-corrected chi connectivity index (χ3v) is 2.76. The molecule has 1 saturated heterocycles. The van der Waals surface area contributed by atoms with Crippen LogP contribution in [0.2, 0.25) is 0 Å². The molecule has 1 aromatic rings. The molecular weight excluding hydrogens is 275 g/mol. The zero-order chi connectivity index (χ0) is 11.5. The van der Waals surface area contributed by atoms with Crippen LogP contribution >= 0.6 is 24.8 Å². The number of hydrogen-bond acceptors (Lipinski definition) is 3. The van der Waals surface area contributed by atoms with E-state index < -0.39 is 0 Å². The van der Waals surface area contributed by atoms with E-state index in [2.05, 4.69) is 5.32 Å². The van der Waals surface area contributed by atoms with E-state index in [-0.39, 0.29) is 42.9 Å². The second kappa shape index (κ2) is 7.46. The summed E-state index contributed by atoms with van der Waals surface area (Å²) >= 11 is 0. The summed E-state index contributed by atoms with van der Waals surface area (Å²) in [6, 6.07) is 7.63. The Bertz CT molecular complexity index is 384. The third-order valence-electron chi connectivity index (χ3n) is 2.76. The molecule has 1 fully saturated rings. The summed E-state index contributed by atoms with van der Waals surface area (Å²) in [5, 5.41) is 3.04. The molecule has 3 N–H and O–H groups in total. The van der Waals surface area contributed by atoms with Crippen molar-refractivity contribution in [1.82, 2.24) is 5.32 Å². The van der Waals surface area contributed by atoms with Crippen LogP contribution in [0.4, 0.5) is 0 Å². The Morgan fingerprint density at radius 2 is 1.94 bits per heavy atom. The van der Waals surface area contributed by atoms with E-state index in [1.807, 2.05) is 31.2 Å². The fourth-order valence-corrected chi connectivity index (χ4v) is 1.82. The number of aryl methyl sites for hydroxylation is 1. The monoisotopic (exact) mass is 292 g/mol. The summed E-state index contributed by atoms with van der Waals surface area (Å²) in [6.45, 7) is 2.70. The number of amides is 1. The molecule has 0 spiro atoms. The van der Waals surface area contributed by atoms with Gasteiger partial charge in [0.15, 0.2) is 0 Å². The molecule has 1 aromatic carbocycles. The molecule has 2 atom stereocenters. The first-order valence-corrected chi connectivity index (χ1v) is 5.41. The van der Waals surface area contributed by atoms with Crippen LogP contribution in [0, 0.1) is 6.92 Å². The van der Waals surface area contributed by atoms with Gasteiger partial charge in [-0.3, -0.25) is 4.79 Å². The average molecular weight is 293 g/mol. The van der Waals surface area contributed by atoms with Crippen molar-refractivity contribution in [3.05, 3.63) is 29.8 Å². The number of carbonyl (C=O) groups excluding carboxylic acids is 1. The molecule has 0 saturated carbocycles. The van der Waals surface area contributed by atoms with E-state index in [0.29, 0.717) is 13.0 Å². The summed E-state index contributed by atoms with van der Waals surface area (Å²) in [6.07, 6.45) is 0.670. The maximum absolute atomic E-state index is 10.9. The van der Waals surface area contributed by atoms with Crippen molar-refractivity contribution in [2.24, 2.45) is 5.73 Å². The molecule has 102 valence electrons. The highest BCUT2D eigenvalue weighted by molar-refractivity contribution is 5.85. The van der Waals surface area contributed by atoms with Gasteiger partial charge < -0.3 is 15.8 Å². The van der Waals surface area contributed by atoms with Crippen molar-refractivity contribution in [1.29, 1.82) is 0 Å². The average Bonchev–Trinajstić information content (AvgIpc) is 2.70. The SMILES string of the molecule is Cc1ccc(OC2CN[C@H](C(N)=O)C2)cc1.Cl.Cl. The summed E-state index contributed by atoms with van der Waals surface area (Å²) in [5.74, 6) is 0.525. The molecule has 0 bridgehead atoms. The third kappa shape index (κ3) is 4.37. The number of primary amides is 1. The van der Waals surface area contributed by atoms with Gasteiger partial charge in [-0.25, -0.2) is 0 Å². The number of nitrogens with one attached hydrogen (secondary N) is 1. The molecule has 1 aliphatic rings. The number of halogens is 2. The number of carbonyl (C=O) groups is 1. The summed E-state index contributed by atoms with van der Waals surface area (Å²) < 4.78 is 5.74. The van der Waals surface area contributed by atoms with Gasteiger partial charge in [-0.15, -0.1) is 24.8 Å². The molecular formula is C12H18Cl2N2O2. The fourth-order valence-electron chi connectivity index (χ4n) is 1.82. The highest BCUT2D eigenvalue weighted by atomic mass is 35.5. The molecule has 2 rings (SSSR count). The zero-order valence-corrected chi connectivity index (χ0v) is 11.7. The Kier molecular flexibility index (Phi) is 7.06. The summed E-state index contributed by atoms with van der Waals surface area (Å²) in [4.78, 5) is 10.9. The largest absolute Gasteiger partial charge is 0.489 e. The fraction of sp³-hybridized carbons (Fsp3) is 0.417. The van der Waals surface area contributed by atoms with Crippen molar-refractivity contribution in [3.63, 3.8) is 0 Å². The molecule has 1 aliphatic heterocycles. The zero-order valence-electron chi connectivity index (χ0n) is 10.1. The van der Waals surface area contributed by atoms with Crippen molar-refractivity contribution in [3.8, 4) is 5.75 Å². The normalized spacial score (nSPS) is 21.6. The number of hydrogen-bond donors (Lipinski definition) is 2. The molecule has 1 unspecified atom stereocenters. The predicted molar refractivity (Wildman–Crippen MR) is 75.7 cm³/mol. The van der Waals surface area contributed by atoms with Gasteiger partial charge in [-0.1, -0.05) is 17.7 Å². The predicted octanol–water partition coefficient (Wildman–Crippen LogP) is 1.43. The second-order valence-corrected chi connectivity index (χ2v) is 4.15. The number of ether oxygens (including phenoxy) is 1. The standard InChI is InChI=1S/C12H16N2O2.2ClH/c1-8-2-4-9(5-3-8)16-10-6-11(12(13)15)14-7-10;;/h2-5,10-11,14H,6-7H2,1H3,(H2,13,15);2*1H/t10?,11-;;/m0../s1. The Balaban J connectivity index is 0.00000144. The summed E-state index contributed by atoms with van der Waals surface area (Å²) in [5.41, 5.74) is 6.42. The Hall–Kier alpha value is -0.970. The minimum atomic E-state index is -0.310. The van der Waals surface area contributed by atoms with E-state index in [0.717, 1.165) is 5.75 Å². The van der Waals surface area contributed by atoms with Crippen LogP contribution in [0.15, 0.2) is 24.3 Å². The lowest BCUT2D eigenvalue weighted by atomic mass is 10.2. The molecule has 4 nitrogen and oxygen atoms in total. The van der Waals surface area contributed by atoms with E-state index in [1.165, 1.54) is 5.56 Å². The Morgan fingerprint density at radius 1 is 1.33 bits per heavy atom. The second-order valence-electron chi connectivity index (χ2n) is 4.15. The minimum absolute atomic E-state index is 0. The van der Waals surface area contributed by atoms with Crippen LogP contribution in [0.5, 0.6) is 5.75 Å². The van der Waals surface area contributed by atoms with Crippen LogP contribution in [0.1, 0.15) is 12.0 Å². The molecule has 1 heterocycles. The van der Waals surface area contributed by atoms with Gasteiger partial charge in [-0.05, 0) is 19.1 Å². The molecule has 6 heteroatoms. The lowest BCUT2D eigenvalue weighted by Crippen LogP contribution is -2.36. The smallest absolute Gasteiger partial charge is 0.234 e. The van der Waals surface area contributed by atoms with Gasteiger partial charge >= 0.3 is 0 Å². The van der Waals surface area contributed by atoms with Gasteiger partial charge in [0.25, 0.3) is 0 Å². The Morgan fingerprint density at radius 3 is 2.44 bits per heavy atom. The molecule has 1 amide bonds. The highest BCUT2D eigenvalue weighted by Gasteiger charge is 2.28. The van der Waals surface area contributed by atoms with Crippen LogP contribution in [0.25, 0.3) is 0 Å². The maximum atomic E-state index is 10.9. The van der Waals surface area contributed by atoms with Crippen LogP contribution in [-0.2, 0) is 4.79 Å². The number of rotatable bonds is 3. The first-order chi connectivity index (χ1) is 7.65. The highest BCUT2D eigenvalue weighted by Crippen LogP contribution is 2.17. The van der Waals surface area contributed by atoms with Gasteiger partial charge in [0, 0.05) is 13.0 Å². The minimum Gasteiger partial charge on any atom is -0.489 e. The van der Waals surface area contributed by atoms with Gasteiger partial charge in [0.05, 0.1) is 6.04 Å². The summed E-state index contributed by atoms with van der Waals surface area (Å²) in [7, 11) is 0. The number of nitrogens with two attached hydrogens (primary N) is 1. The molecule has 0 aliphatic carbocycles. The van der Waals surface area contributed by atoms with Crippen LogP contribution in [0.3, 0.4) is 0 Å². The van der Waals surface area contributed by atoms with Crippen molar-refractivity contribution in [2.75, 3.05) is 6.54 Å². The van der Waals surface area contributed by atoms with Crippen molar-refractivity contribution >= 4 is 30.7 Å². The number of benzene rings is 1. The van der Waals surface area contributed by atoms with Crippen molar-refractivity contribution < 1.29 is 9.53 Å². The molecule has 18 heavy (non-hydrogen) atoms. The molecule has 0 aromatic heterocycles. The van der Waals surface area contributed by atoms with E-state index in [1.54, 1.807) is 0 Å². The van der Waals surface area contributed by atoms with E-state index in [4.69, 9.17) is 10.5 Å². The lowest BCUT2D eigenvalue weighted by molar-refractivity contribution is -0.119. The van der Waals surface area contributed by atoms with E-state index in [9.17, 15) is 4.79 Å². The Labute approximate surface area is 119 Å². The lowest BCUT2D eigenvalue weighted by Gasteiger charge is -2.12. The van der Waals surface area contributed by atoms with Gasteiger partial charge in [0.2, 0.25) is 5.91 Å². The quantitative estimate of drug-likeness (QED) is 0.886. The maximum Gasteiger partial charge on any atom is 0.234 e. The van der Waals surface area contributed by atoms with Gasteiger partial charge in [-0.2, -0.15) is 0 Å². The van der Waals surface area contributed by atoms with Crippen LogP contribution in [-0.4, -0.2) is 24.6 Å². The van der Waals surface area contributed by atoms with Crippen molar-refractivity contribution in [2.45, 2.75) is 25.5 Å². The van der Waals surface area contributed by atoms with E-state index >= 15 is 0 Å². The topological polar surface area (TPSA) is 64.3 Å². The first kappa shape index (κ1) is 17.0. The first-order valence-electron chi connectivity index (χ1n) is 5.41. The van der Waals surface area contributed by atoms with Gasteiger partial charge in [0.1, 0.15) is 11.9 Å². The van der Waals surface area contributed by atoms with Crippen LogP contribution < -0.4 is 15.8 Å². The molecule has 0 radical (unpaired) electrons.